The van der Waals surface area contributed by atoms with Gasteiger partial charge in [-0.3, -0.25) is 4.79 Å². The summed E-state index contributed by atoms with van der Waals surface area (Å²) >= 11 is 6.05. The van der Waals surface area contributed by atoms with Crippen molar-refractivity contribution in [3.05, 3.63) is 64.9 Å². The Morgan fingerprint density at radius 3 is 2.63 bits per heavy atom. The Bertz CT molecular complexity index is 972. The van der Waals surface area contributed by atoms with Crippen molar-refractivity contribution in [1.29, 1.82) is 0 Å². The van der Waals surface area contributed by atoms with Crippen LogP contribution in [0, 0.1) is 0 Å². The molecule has 0 bridgehead atoms. The number of likely N-dealkylation sites (tertiary alicyclic amines) is 1. The number of carbonyl (C=O) groups excluding carboxylic acids is 1. The fourth-order valence-corrected chi connectivity index (χ4v) is 3.44. The molecule has 2 heterocycles. The second-order valence-corrected chi connectivity index (χ2v) is 7.13. The molecule has 1 fully saturated rings. The largest absolute Gasteiger partial charge is 0.366 e. The average Bonchev–Trinajstić information content (AvgIpc) is 2.64. The number of aromatic nitrogens is 2. The van der Waals surface area contributed by atoms with Crippen molar-refractivity contribution < 1.29 is 4.79 Å². The first kappa shape index (κ1) is 17.7. The highest BCUT2D eigenvalue weighted by atomic mass is 35.5. The van der Waals surface area contributed by atoms with Gasteiger partial charge in [0.2, 0.25) is 0 Å². The number of para-hydroxylation sites is 1. The molecule has 2 aromatic carbocycles. The standard InChI is InChI=1S/C20H20ClN5O/c21-14-7-5-13(6-8-14)17(11-26-9-2-10-26)25-20-16-4-1-3-15(19(22)27)18(16)23-12-24-20/h1,3-8,12,17H,2,9-11H2,(H2,22,27)(H,23,24,25)/t17-/m1/s1. The van der Waals surface area contributed by atoms with Crippen molar-refractivity contribution in [3.8, 4) is 0 Å². The Labute approximate surface area is 162 Å². The number of halogens is 1. The van der Waals surface area contributed by atoms with Gasteiger partial charge in [0.15, 0.2) is 0 Å². The minimum absolute atomic E-state index is 0.0397. The molecule has 27 heavy (non-hydrogen) atoms. The first-order chi connectivity index (χ1) is 13.1. The van der Waals surface area contributed by atoms with E-state index < -0.39 is 5.91 Å². The molecular weight excluding hydrogens is 362 g/mol. The molecule has 0 unspecified atom stereocenters. The topological polar surface area (TPSA) is 84.1 Å². The Kier molecular flexibility index (Phi) is 4.92. The Morgan fingerprint density at radius 1 is 1.19 bits per heavy atom. The lowest BCUT2D eigenvalue weighted by molar-refractivity contribution is 0.100. The number of benzene rings is 2. The van der Waals surface area contributed by atoms with Crippen molar-refractivity contribution >= 4 is 34.2 Å². The van der Waals surface area contributed by atoms with Gasteiger partial charge in [0.25, 0.3) is 5.91 Å². The van der Waals surface area contributed by atoms with E-state index in [1.165, 1.54) is 12.7 Å². The van der Waals surface area contributed by atoms with Crippen molar-refractivity contribution in [2.75, 3.05) is 25.0 Å². The Morgan fingerprint density at radius 2 is 1.96 bits per heavy atom. The molecule has 0 spiro atoms. The van der Waals surface area contributed by atoms with Gasteiger partial charge < -0.3 is 16.0 Å². The summed E-state index contributed by atoms with van der Waals surface area (Å²) in [6.45, 7) is 3.06. The van der Waals surface area contributed by atoms with Crippen LogP contribution in [-0.2, 0) is 0 Å². The van der Waals surface area contributed by atoms with Gasteiger partial charge in [-0.15, -0.1) is 0 Å². The van der Waals surface area contributed by atoms with Gasteiger partial charge in [-0.25, -0.2) is 9.97 Å². The highest BCUT2D eigenvalue weighted by Crippen LogP contribution is 2.28. The van der Waals surface area contributed by atoms with Crippen LogP contribution in [0.5, 0.6) is 0 Å². The summed E-state index contributed by atoms with van der Waals surface area (Å²) in [5, 5.41) is 5.02. The van der Waals surface area contributed by atoms with Gasteiger partial charge in [0.1, 0.15) is 12.1 Å². The monoisotopic (exact) mass is 381 g/mol. The lowest BCUT2D eigenvalue weighted by Crippen LogP contribution is -2.41. The Hall–Kier alpha value is -2.70. The predicted molar refractivity (Wildman–Crippen MR) is 107 cm³/mol. The lowest BCUT2D eigenvalue weighted by Gasteiger charge is -2.34. The third kappa shape index (κ3) is 3.72. The first-order valence-corrected chi connectivity index (χ1v) is 9.27. The van der Waals surface area contributed by atoms with Crippen LogP contribution in [0.3, 0.4) is 0 Å². The molecule has 1 aliphatic rings. The van der Waals surface area contributed by atoms with Crippen LogP contribution in [0.1, 0.15) is 28.4 Å². The lowest BCUT2D eigenvalue weighted by atomic mass is 10.0. The van der Waals surface area contributed by atoms with E-state index >= 15 is 0 Å². The number of anilines is 1. The average molecular weight is 382 g/mol. The normalized spacial score (nSPS) is 15.3. The van der Waals surface area contributed by atoms with Crippen molar-refractivity contribution in [2.45, 2.75) is 12.5 Å². The predicted octanol–water partition coefficient (Wildman–Crippen LogP) is 3.24. The van der Waals surface area contributed by atoms with E-state index in [0.717, 1.165) is 30.6 Å². The molecule has 1 atom stereocenters. The van der Waals surface area contributed by atoms with E-state index in [1.807, 2.05) is 30.3 Å². The highest BCUT2D eigenvalue weighted by Gasteiger charge is 2.22. The van der Waals surface area contributed by atoms with Gasteiger partial charge >= 0.3 is 0 Å². The van der Waals surface area contributed by atoms with Gasteiger partial charge in [-0.05, 0) is 49.3 Å². The second-order valence-electron chi connectivity index (χ2n) is 6.69. The third-order valence-electron chi connectivity index (χ3n) is 4.90. The van der Waals surface area contributed by atoms with Crippen LogP contribution < -0.4 is 11.1 Å². The van der Waals surface area contributed by atoms with E-state index in [0.29, 0.717) is 21.9 Å². The fraction of sp³-hybridized carbons (Fsp3) is 0.250. The van der Waals surface area contributed by atoms with E-state index in [1.54, 1.807) is 12.1 Å². The van der Waals surface area contributed by atoms with Crippen molar-refractivity contribution in [2.24, 2.45) is 5.73 Å². The highest BCUT2D eigenvalue weighted by molar-refractivity contribution is 6.30. The van der Waals surface area contributed by atoms with Crippen molar-refractivity contribution in [3.63, 3.8) is 0 Å². The number of nitrogens with two attached hydrogens (primary N) is 1. The SMILES string of the molecule is NC(=O)c1cccc2c(N[C@H](CN3CCC3)c3ccc(Cl)cc3)ncnc12. The molecule has 1 saturated heterocycles. The molecule has 0 aliphatic carbocycles. The number of hydrogen-bond acceptors (Lipinski definition) is 5. The number of carbonyl (C=O) groups is 1. The molecule has 138 valence electrons. The fourth-order valence-electron chi connectivity index (χ4n) is 3.32. The number of fused-ring (bicyclic) bond motifs is 1. The molecule has 7 heteroatoms. The summed E-state index contributed by atoms with van der Waals surface area (Å²) in [7, 11) is 0. The number of primary amides is 1. The third-order valence-corrected chi connectivity index (χ3v) is 5.16. The summed E-state index contributed by atoms with van der Waals surface area (Å²) in [5.74, 6) is 0.184. The van der Waals surface area contributed by atoms with Gasteiger partial charge in [0, 0.05) is 17.0 Å². The van der Waals surface area contributed by atoms with Crippen LogP contribution in [0.2, 0.25) is 5.02 Å². The second kappa shape index (κ2) is 7.50. The van der Waals surface area contributed by atoms with Crippen LogP contribution in [0.4, 0.5) is 5.82 Å². The number of nitrogens with zero attached hydrogens (tertiary/aromatic N) is 3. The minimum Gasteiger partial charge on any atom is -0.366 e. The van der Waals surface area contributed by atoms with E-state index in [2.05, 4.69) is 20.2 Å². The number of hydrogen-bond donors (Lipinski definition) is 2. The zero-order chi connectivity index (χ0) is 18.8. The van der Waals surface area contributed by atoms with Gasteiger partial charge in [-0.1, -0.05) is 29.8 Å². The van der Waals surface area contributed by atoms with Crippen LogP contribution in [-0.4, -0.2) is 40.4 Å². The summed E-state index contributed by atoms with van der Waals surface area (Å²) in [5.41, 5.74) is 7.57. The van der Waals surface area contributed by atoms with Gasteiger partial charge in [0.05, 0.1) is 17.1 Å². The minimum atomic E-state index is -0.500. The van der Waals surface area contributed by atoms with Crippen LogP contribution in [0.25, 0.3) is 10.9 Å². The van der Waals surface area contributed by atoms with Crippen LogP contribution >= 0.6 is 11.6 Å². The van der Waals surface area contributed by atoms with Gasteiger partial charge in [-0.2, -0.15) is 0 Å². The molecular formula is C20H20ClN5O. The summed E-state index contributed by atoms with van der Waals surface area (Å²) in [6, 6.07) is 13.2. The maximum Gasteiger partial charge on any atom is 0.250 e. The molecule has 0 radical (unpaired) electrons. The smallest absolute Gasteiger partial charge is 0.250 e. The maximum atomic E-state index is 11.7. The molecule has 6 nitrogen and oxygen atoms in total. The Balaban J connectivity index is 1.71. The van der Waals surface area contributed by atoms with Crippen molar-refractivity contribution in [1.82, 2.24) is 14.9 Å². The number of nitrogens with one attached hydrogen (secondary N) is 1. The van der Waals surface area contributed by atoms with E-state index in [-0.39, 0.29) is 6.04 Å². The zero-order valence-corrected chi connectivity index (χ0v) is 15.5. The van der Waals surface area contributed by atoms with Crippen LogP contribution in [0.15, 0.2) is 48.8 Å². The number of rotatable bonds is 6. The quantitative estimate of drug-likeness (QED) is 0.684. The molecule has 1 aliphatic heterocycles. The summed E-state index contributed by atoms with van der Waals surface area (Å²) in [6.07, 6.45) is 2.69. The van der Waals surface area contributed by atoms with E-state index in [4.69, 9.17) is 17.3 Å². The summed E-state index contributed by atoms with van der Waals surface area (Å²) < 4.78 is 0. The molecule has 1 aromatic heterocycles. The molecule has 4 rings (SSSR count). The summed E-state index contributed by atoms with van der Waals surface area (Å²) in [4.78, 5) is 22.8. The molecule has 1 amide bonds. The maximum absolute atomic E-state index is 11.7. The molecule has 3 aromatic rings. The molecule has 0 saturated carbocycles. The van der Waals surface area contributed by atoms with E-state index in [9.17, 15) is 4.79 Å². The number of amides is 1. The molecule has 3 N–H and O–H groups in total. The zero-order valence-electron chi connectivity index (χ0n) is 14.7. The first-order valence-electron chi connectivity index (χ1n) is 8.90.